The van der Waals surface area contributed by atoms with Crippen molar-refractivity contribution in [1.29, 1.82) is 0 Å². The largest absolute Gasteiger partial charge is 0.492 e. The standard InChI is InChI=1S/C27H29ClN4O3S/c1-30-10-12-32(13-11-30)17-25(33)29-19-7-8-20-23(16-19)35-14-9-18-15-24(36-26(18)20)27(34)31(2)22-6-4-3-5-21(22)28/h3-8,15-16H,9-14,17H2,1-2H3,(H,29,33). The summed E-state index contributed by atoms with van der Waals surface area (Å²) in [6, 6.07) is 15.0. The normalized spacial score (nSPS) is 15.9. The number of carbonyl (C=O) groups is 2. The number of halogens is 1. The van der Waals surface area contributed by atoms with Crippen molar-refractivity contribution in [1.82, 2.24) is 9.80 Å². The van der Waals surface area contributed by atoms with Crippen LogP contribution < -0.4 is 15.0 Å². The van der Waals surface area contributed by atoms with Gasteiger partial charge in [-0.3, -0.25) is 14.5 Å². The van der Waals surface area contributed by atoms with Crippen LogP contribution in [0.4, 0.5) is 11.4 Å². The first-order chi connectivity index (χ1) is 17.4. The molecule has 1 aromatic heterocycles. The number of nitrogens with one attached hydrogen (secondary N) is 1. The van der Waals surface area contributed by atoms with Gasteiger partial charge in [-0.2, -0.15) is 0 Å². The summed E-state index contributed by atoms with van der Waals surface area (Å²) in [6.45, 7) is 4.62. The van der Waals surface area contributed by atoms with Crippen LogP contribution in [-0.4, -0.2) is 75.0 Å². The molecule has 7 nitrogen and oxygen atoms in total. The Bertz CT molecular complexity index is 1290. The highest BCUT2D eigenvalue weighted by molar-refractivity contribution is 7.17. The quantitative estimate of drug-likeness (QED) is 0.533. The minimum absolute atomic E-state index is 0.0274. The highest BCUT2D eigenvalue weighted by Crippen LogP contribution is 2.42. The molecule has 0 bridgehead atoms. The summed E-state index contributed by atoms with van der Waals surface area (Å²) >= 11 is 7.77. The van der Waals surface area contributed by atoms with Crippen LogP contribution in [0.2, 0.25) is 5.02 Å². The Labute approximate surface area is 220 Å². The summed E-state index contributed by atoms with van der Waals surface area (Å²) in [4.78, 5) is 33.6. The molecule has 1 fully saturated rings. The van der Waals surface area contributed by atoms with Crippen molar-refractivity contribution in [2.75, 3.05) is 63.6 Å². The topological polar surface area (TPSA) is 65.1 Å². The van der Waals surface area contributed by atoms with Gasteiger partial charge >= 0.3 is 0 Å². The zero-order chi connectivity index (χ0) is 25.2. The SMILES string of the molecule is CN1CCN(CC(=O)Nc2ccc3c(c2)OCCc2cc(C(=O)N(C)c4ccccc4Cl)sc2-3)CC1. The lowest BCUT2D eigenvalue weighted by Crippen LogP contribution is -2.47. The van der Waals surface area contributed by atoms with Crippen LogP contribution in [0.15, 0.2) is 48.5 Å². The average Bonchev–Trinajstić information content (AvgIpc) is 3.21. The first-order valence-electron chi connectivity index (χ1n) is 12.0. The predicted molar refractivity (Wildman–Crippen MR) is 146 cm³/mol. The number of hydrogen-bond acceptors (Lipinski definition) is 6. The van der Waals surface area contributed by atoms with Gasteiger partial charge in [0.25, 0.3) is 5.91 Å². The van der Waals surface area contributed by atoms with Crippen molar-refractivity contribution in [3.63, 3.8) is 0 Å². The number of thiophene rings is 1. The maximum absolute atomic E-state index is 13.3. The lowest BCUT2D eigenvalue weighted by Gasteiger charge is -2.31. The third kappa shape index (κ3) is 5.27. The number of carbonyl (C=O) groups excluding carboxylic acids is 2. The molecule has 9 heteroatoms. The lowest BCUT2D eigenvalue weighted by molar-refractivity contribution is -0.117. The number of hydrogen-bond donors (Lipinski definition) is 1. The van der Waals surface area contributed by atoms with Gasteiger partial charge in [-0.1, -0.05) is 23.7 Å². The number of nitrogens with zero attached hydrogens (tertiary/aromatic N) is 3. The molecule has 5 rings (SSSR count). The number of rotatable bonds is 5. The Morgan fingerprint density at radius 2 is 1.89 bits per heavy atom. The Hall–Kier alpha value is -2.91. The molecule has 3 heterocycles. The molecule has 3 aromatic rings. The highest BCUT2D eigenvalue weighted by Gasteiger charge is 2.24. The molecule has 0 radical (unpaired) electrons. The number of benzene rings is 2. The molecule has 0 atom stereocenters. The fourth-order valence-corrected chi connectivity index (χ4v) is 6.01. The molecule has 188 valence electrons. The molecule has 2 aliphatic rings. The number of fused-ring (bicyclic) bond motifs is 3. The van der Waals surface area contributed by atoms with Gasteiger partial charge in [0, 0.05) is 61.8 Å². The molecule has 2 aliphatic heterocycles. The molecule has 0 unspecified atom stereocenters. The second-order valence-corrected chi connectivity index (χ2v) is 10.7. The van der Waals surface area contributed by atoms with Gasteiger partial charge < -0.3 is 19.9 Å². The molecule has 36 heavy (non-hydrogen) atoms. The molecule has 1 saturated heterocycles. The van der Waals surface area contributed by atoms with E-state index in [-0.39, 0.29) is 11.8 Å². The van der Waals surface area contributed by atoms with Gasteiger partial charge in [0.05, 0.1) is 28.7 Å². The maximum Gasteiger partial charge on any atom is 0.268 e. The van der Waals surface area contributed by atoms with Gasteiger partial charge in [-0.25, -0.2) is 0 Å². The van der Waals surface area contributed by atoms with E-state index in [9.17, 15) is 9.59 Å². The van der Waals surface area contributed by atoms with Crippen molar-refractivity contribution >= 4 is 46.1 Å². The summed E-state index contributed by atoms with van der Waals surface area (Å²) in [5.74, 6) is 0.586. The Kier molecular flexibility index (Phi) is 7.29. The number of piperazine rings is 1. The van der Waals surface area contributed by atoms with Gasteiger partial charge in [0.1, 0.15) is 5.75 Å². The van der Waals surface area contributed by atoms with E-state index in [1.807, 2.05) is 42.5 Å². The molecule has 2 aromatic carbocycles. The average molecular weight is 525 g/mol. The van der Waals surface area contributed by atoms with Crippen LogP contribution in [-0.2, 0) is 11.2 Å². The van der Waals surface area contributed by atoms with Crippen LogP contribution in [0.3, 0.4) is 0 Å². The summed E-state index contributed by atoms with van der Waals surface area (Å²) in [7, 11) is 3.84. The van der Waals surface area contributed by atoms with Crippen LogP contribution in [0.1, 0.15) is 15.2 Å². The van der Waals surface area contributed by atoms with Crippen molar-refractivity contribution in [3.8, 4) is 16.2 Å². The monoisotopic (exact) mass is 524 g/mol. The second kappa shape index (κ2) is 10.6. The summed E-state index contributed by atoms with van der Waals surface area (Å²) < 4.78 is 6.03. The molecule has 0 saturated carbocycles. The van der Waals surface area contributed by atoms with E-state index in [1.165, 1.54) is 11.3 Å². The van der Waals surface area contributed by atoms with E-state index >= 15 is 0 Å². The minimum atomic E-state index is -0.101. The molecular formula is C27H29ClN4O3S. The Morgan fingerprint density at radius 1 is 1.11 bits per heavy atom. The second-order valence-electron chi connectivity index (χ2n) is 9.22. The van der Waals surface area contributed by atoms with Gasteiger partial charge in [0.2, 0.25) is 5.91 Å². The zero-order valence-corrected chi connectivity index (χ0v) is 22.0. The van der Waals surface area contributed by atoms with Crippen LogP contribution in [0.25, 0.3) is 10.4 Å². The zero-order valence-electron chi connectivity index (χ0n) is 20.4. The summed E-state index contributed by atoms with van der Waals surface area (Å²) in [6.07, 6.45) is 0.703. The third-order valence-electron chi connectivity index (χ3n) is 6.64. The van der Waals surface area contributed by atoms with E-state index in [1.54, 1.807) is 18.0 Å². The Morgan fingerprint density at radius 3 is 2.67 bits per heavy atom. The number of para-hydroxylation sites is 1. The van der Waals surface area contributed by atoms with Gasteiger partial charge in [-0.05, 0) is 42.9 Å². The molecular weight excluding hydrogens is 496 g/mol. The summed E-state index contributed by atoms with van der Waals surface area (Å²) in [5.41, 5.74) is 3.40. The first-order valence-corrected chi connectivity index (χ1v) is 13.2. The molecule has 0 spiro atoms. The number of anilines is 2. The third-order valence-corrected chi connectivity index (χ3v) is 8.16. The number of likely N-dealkylation sites (N-methyl/N-ethyl adjacent to an activating group) is 1. The fraction of sp³-hybridized carbons (Fsp3) is 0.333. The van der Waals surface area contributed by atoms with Crippen LogP contribution in [0.5, 0.6) is 5.75 Å². The highest BCUT2D eigenvalue weighted by atomic mass is 35.5. The number of amides is 2. The maximum atomic E-state index is 13.3. The van der Waals surface area contributed by atoms with Crippen LogP contribution in [0, 0.1) is 0 Å². The van der Waals surface area contributed by atoms with Crippen molar-refractivity contribution in [3.05, 3.63) is 64.0 Å². The first kappa shape index (κ1) is 24.8. The van der Waals surface area contributed by atoms with Crippen molar-refractivity contribution in [2.24, 2.45) is 0 Å². The van der Waals surface area contributed by atoms with E-state index in [2.05, 4.69) is 22.2 Å². The fourth-order valence-electron chi connectivity index (χ4n) is 4.53. The smallest absolute Gasteiger partial charge is 0.268 e. The predicted octanol–water partition coefficient (Wildman–Crippen LogP) is 4.47. The van der Waals surface area contributed by atoms with E-state index in [0.717, 1.165) is 42.2 Å². The van der Waals surface area contributed by atoms with Crippen molar-refractivity contribution < 1.29 is 14.3 Å². The molecule has 1 N–H and O–H groups in total. The van der Waals surface area contributed by atoms with Gasteiger partial charge in [-0.15, -0.1) is 11.3 Å². The molecule has 0 aliphatic carbocycles. The van der Waals surface area contributed by atoms with E-state index in [0.29, 0.717) is 46.6 Å². The van der Waals surface area contributed by atoms with Gasteiger partial charge in [0.15, 0.2) is 0 Å². The van der Waals surface area contributed by atoms with Crippen LogP contribution >= 0.6 is 22.9 Å². The van der Waals surface area contributed by atoms with E-state index in [4.69, 9.17) is 16.3 Å². The molecule has 2 amide bonds. The minimum Gasteiger partial charge on any atom is -0.492 e. The Balaban J connectivity index is 1.33. The van der Waals surface area contributed by atoms with Crippen molar-refractivity contribution in [2.45, 2.75) is 6.42 Å². The summed E-state index contributed by atoms with van der Waals surface area (Å²) in [5, 5.41) is 3.55. The number of ether oxygens (including phenoxy) is 1. The van der Waals surface area contributed by atoms with E-state index < -0.39 is 0 Å². The lowest BCUT2D eigenvalue weighted by atomic mass is 10.1.